The third-order valence-corrected chi connectivity index (χ3v) is 5.78. The number of benzene rings is 1. The summed E-state index contributed by atoms with van der Waals surface area (Å²) >= 11 is 0. The monoisotopic (exact) mass is 308 g/mol. The van der Waals surface area contributed by atoms with Crippen LogP contribution in [0.15, 0.2) is 41.6 Å². The lowest BCUT2D eigenvalue weighted by atomic mass is 10.1. The molecule has 0 saturated heterocycles. The first kappa shape index (κ1) is 18.1. The molecule has 1 rings (SSSR count). The molecular weight excluding hydrogens is 280 g/mol. The second-order valence-electron chi connectivity index (χ2n) is 6.20. The summed E-state index contributed by atoms with van der Waals surface area (Å²) < 4.78 is 10.4. The summed E-state index contributed by atoms with van der Waals surface area (Å²) in [5.41, 5.74) is 0.959. The van der Waals surface area contributed by atoms with Crippen molar-refractivity contribution in [3.05, 3.63) is 47.2 Å². The Labute approximate surface area is 129 Å². The largest absolute Gasteiger partial charge is 0.384 e. The van der Waals surface area contributed by atoms with Crippen LogP contribution in [-0.4, -0.2) is 33.7 Å². The number of hydrogen-bond donors (Lipinski definition) is 1. The van der Waals surface area contributed by atoms with Gasteiger partial charge < -0.3 is 14.6 Å². The van der Waals surface area contributed by atoms with Crippen molar-refractivity contribution in [2.24, 2.45) is 0 Å². The second-order valence-corrected chi connectivity index (χ2v) is 11.3. The number of aliphatic hydroxyl groups is 1. The zero-order valence-corrected chi connectivity index (χ0v) is 14.8. The van der Waals surface area contributed by atoms with Crippen LogP contribution >= 0.6 is 0 Å². The first-order valence-electron chi connectivity index (χ1n) is 7.39. The fourth-order valence-electron chi connectivity index (χ4n) is 2.35. The fourth-order valence-corrected chi connectivity index (χ4v) is 4.09. The van der Waals surface area contributed by atoms with Crippen molar-refractivity contribution < 1.29 is 14.6 Å². The number of hydrogen-bond acceptors (Lipinski definition) is 3. The van der Waals surface area contributed by atoms with E-state index in [0.29, 0.717) is 0 Å². The van der Waals surface area contributed by atoms with Gasteiger partial charge >= 0.3 is 0 Å². The molecule has 1 aromatic rings. The zero-order chi connectivity index (χ0) is 15.9. The van der Waals surface area contributed by atoms with E-state index in [9.17, 15) is 5.11 Å². The Hall–Kier alpha value is -0.943. The van der Waals surface area contributed by atoms with E-state index in [1.165, 1.54) is 5.20 Å². The number of aliphatic hydroxyl groups excluding tert-OH is 1. The van der Waals surface area contributed by atoms with Crippen molar-refractivity contribution in [2.75, 3.05) is 14.2 Å². The average Bonchev–Trinajstić information content (AvgIpc) is 2.46. The molecule has 0 aromatic heterocycles. The molecule has 1 aromatic carbocycles. The third-order valence-electron chi connectivity index (χ3n) is 3.57. The van der Waals surface area contributed by atoms with E-state index in [1.54, 1.807) is 14.2 Å². The first-order valence-corrected chi connectivity index (χ1v) is 10.9. The van der Waals surface area contributed by atoms with Crippen LogP contribution < -0.4 is 0 Å². The SMILES string of the molecule is COC(CC/C=C(/C(O)c1ccccc1)[Si](C)(C)C)OC. The number of allylic oxidation sites excluding steroid dienone is 1. The van der Waals surface area contributed by atoms with Crippen LogP contribution in [-0.2, 0) is 9.47 Å². The molecule has 0 spiro atoms. The van der Waals surface area contributed by atoms with E-state index >= 15 is 0 Å². The summed E-state index contributed by atoms with van der Waals surface area (Å²) in [4.78, 5) is 0. The minimum atomic E-state index is -1.60. The molecule has 3 nitrogen and oxygen atoms in total. The van der Waals surface area contributed by atoms with Gasteiger partial charge in [0.25, 0.3) is 0 Å². The first-order chi connectivity index (χ1) is 9.90. The van der Waals surface area contributed by atoms with Gasteiger partial charge in [0.2, 0.25) is 0 Å². The van der Waals surface area contributed by atoms with E-state index in [0.717, 1.165) is 18.4 Å². The molecule has 118 valence electrons. The Morgan fingerprint density at radius 1 is 1.14 bits per heavy atom. The molecule has 0 radical (unpaired) electrons. The maximum atomic E-state index is 10.7. The lowest BCUT2D eigenvalue weighted by Gasteiger charge is -2.26. The molecule has 0 aliphatic heterocycles. The highest BCUT2D eigenvalue weighted by atomic mass is 28.3. The van der Waals surface area contributed by atoms with Gasteiger partial charge in [0.15, 0.2) is 6.29 Å². The molecule has 0 aliphatic rings. The minimum absolute atomic E-state index is 0.182. The highest BCUT2D eigenvalue weighted by Crippen LogP contribution is 2.30. The molecule has 1 atom stereocenters. The predicted molar refractivity (Wildman–Crippen MR) is 89.9 cm³/mol. The van der Waals surface area contributed by atoms with Crippen LogP contribution in [0.4, 0.5) is 0 Å². The van der Waals surface area contributed by atoms with E-state index in [-0.39, 0.29) is 6.29 Å². The Bertz CT molecular complexity index is 433. The Balaban J connectivity index is 2.86. The standard InChI is InChI=1S/C17H28O3Si/c1-19-16(20-2)13-9-12-15(21(3,4)5)17(18)14-10-7-6-8-11-14/h6-8,10-12,16-18H,9,13H2,1-5H3/b15-12-. The van der Waals surface area contributed by atoms with Gasteiger partial charge in [0.05, 0.1) is 14.2 Å². The lowest BCUT2D eigenvalue weighted by Crippen LogP contribution is -2.28. The van der Waals surface area contributed by atoms with Crippen LogP contribution in [0.5, 0.6) is 0 Å². The molecule has 0 bridgehead atoms. The van der Waals surface area contributed by atoms with Crippen LogP contribution in [0.1, 0.15) is 24.5 Å². The van der Waals surface area contributed by atoms with Gasteiger partial charge in [-0.2, -0.15) is 0 Å². The van der Waals surface area contributed by atoms with E-state index in [2.05, 4.69) is 25.7 Å². The minimum Gasteiger partial charge on any atom is -0.384 e. The van der Waals surface area contributed by atoms with Crippen LogP contribution in [0.2, 0.25) is 19.6 Å². The summed E-state index contributed by atoms with van der Waals surface area (Å²) in [6.07, 6.45) is 3.12. The van der Waals surface area contributed by atoms with Gasteiger partial charge in [-0.05, 0) is 12.0 Å². The van der Waals surface area contributed by atoms with Crippen molar-refractivity contribution in [3.63, 3.8) is 0 Å². The van der Waals surface area contributed by atoms with Crippen molar-refractivity contribution in [1.29, 1.82) is 0 Å². The summed E-state index contributed by atoms with van der Waals surface area (Å²) in [6.45, 7) is 6.78. The van der Waals surface area contributed by atoms with Crippen LogP contribution in [0, 0.1) is 0 Å². The van der Waals surface area contributed by atoms with Gasteiger partial charge in [-0.15, -0.1) is 0 Å². The molecule has 1 N–H and O–H groups in total. The lowest BCUT2D eigenvalue weighted by molar-refractivity contribution is -0.105. The molecule has 21 heavy (non-hydrogen) atoms. The summed E-state index contributed by atoms with van der Waals surface area (Å²) in [7, 11) is 1.70. The van der Waals surface area contributed by atoms with E-state index in [1.807, 2.05) is 30.3 Å². The van der Waals surface area contributed by atoms with Gasteiger partial charge in [0.1, 0.15) is 0 Å². The molecule has 0 amide bonds. The summed E-state index contributed by atoms with van der Waals surface area (Å²) in [6, 6.07) is 9.85. The smallest absolute Gasteiger partial charge is 0.157 e. The molecule has 1 unspecified atom stereocenters. The zero-order valence-electron chi connectivity index (χ0n) is 13.8. The van der Waals surface area contributed by atoms with Gasteiger partial charge in [0, 0.05) is 20.6 Å². The van der Waals surface area contributed by atoms with E-state index < -0.39 is 14.2 Å². The third kappa shape index (κ3) is 5.75. The van der Waals surface area contributed by atoms with Crippen molar-refractivity contribution in [3.8, 4) is 0 Å². The van der Waals surface area contributed by atoms with Crippen molar-refractivity contribution in [2.45, 2.75) is 44.9 Å². The second kappa shape index (κ2) is 8.49. The molecular formula is C17H28O3Si. The highest BCUT2D eigenvalue weighted by Gasteiger charge is 2.26. The fraction of sp³-hybridized carbons (Fsp3) is 0.529. The number of rotatable bonds is 8. The van der Waals surface area contributed by atoms with Crippen molar-refractivity contribution in [1.82, 2.24) is 0 Å². The normalized spacial score (nSPS) is 14.5. The summed E-state index contributed by atoms with van der Waals surface area (Å²) in [5, 5.41) is 11.9. The topological polar surface area (TPSA) is 38.7 Å². The molecule has 0 fully saturated rings. The highest BCUT2D eigenvalue weighted by molar-refractivity contribution is 6.83. The van der Waals surface area contributed by atoms with Crippen LogP contribution in [0.25, 0.3) is 0 Å². The van der Waals surface area contributed by atoms with E-state index in [4.69, 9.17) is 9.47 Å². The van der Waals surface area contributed by atoms with Crippen LogP contribution in [0.3, 0.4) is 0 Å². The maximum absolute atomic E-state index is 10.7. The van der Waals surface area contributed by atoms with Gasteiger partial charge in [-0.1, -0.05) is 61.2 Å². The molecule has 0 aliphatic carbocycles. The Morgan fingerprint density at radius 2 is 1.71 bits per heavy atom. The van der Waals surface area contributed by atoms with Gasteiger partial charge in [-0.25, -0.2) is 0 Å². The molecule has 0 saturated carbocycles. The van der Waals surface area contributed by atoms with Gasteiger partial charge in [-0.3, -0.25) is 0 Å². The molecule has 0 heterocycles. The molecule has 4 heteroatoms. The maximum Gasteiger partial charge on any atom is 0.157 e. The quantitative estimate of drug-likeness (QED) is 0.584. The average molecular weight is 308 g/mol. The number of ether oxygens (including phenoxy) is 2. The Morgan fingerprint density at radius 3 is 2.19 bits per heavy atom. The number of methoxy groups -OCH3 is 2. The predicted octanol–water partition coefficient (Wildman–Crippen LogP) is 3.92. The van der Waals surface area contributed by atoms with Crippen molar-refractivity contribution >= 4 is 8.07 Å². The summed E-state index contributed by atoms with van der Waals surface area (Å²) in [5.74, 6) is 0. The Kier molecular flexibility index (Phi) is 7.32.